The van der Waals surface area contributed by atoms with Crippen molar-refractivity contribution in [2.75, 3.05) is 5.32 Å². The highest BCUT2D eigenvalue weighted by molar-refractivity contribution is 5.91. The van der Waals surface area contributed by atoms with E-state index in [0.717, 1.165) is 17.2 Å². The van der Waals surface area contributed by atoms with Crippen molar-refractivity contribution in [3.63, 3.8) is 0 Å². The smallest absolute Gasteiger partial charge is 0.336 e. The minimum Gasteiger partial charge on any atom is -0.478 e. The van der Waals surface area contributed by atoms with E-state index in [4.69, 9.17) is 0 Å². The molecule has 0 heterocycles. The first kappa shape index (κ1) is 13.2. The summed E-state index contributed by atoms with van der Waals surface area (Å²) in [5, 5.41) is 12.7. The number of carbonyl (C=O) groups is 1. The molecule has 2 bridgehead atoms. The lowest BCUT2D eigenvalue weighted by Gasteiger charge is -2.28. The molecule has 106 valence electrons. The van der Waals surface area contributed by atoms with Crippen LogP contribution in [0.1, 0.15) is 35.7 Å². The van der Waals surface area contributed by atoms with E-state index in [1.807, 2.05) is 19.1 Å². The Morgan fingerprint density at radius 3 is 2.75 bits per heavy atom. The third-order valence-corrected chi connectivity index (χ3v) is 4.92. The molecule has 1 aromatic rings. The highest BCUT2D eigenvalue weighted by Gasteiger charge is 2.38. The van der Waals surface area contributed by atoms with Gasteiger partial charge in [0.2, 0.25) is 0 Å². The second-order valence-corrected chi connectivity index (χ2v) is 6.16. The first-order valence-electron chi connectivity index (χ1n) is 7.34. The summed E-state index contributed by atoms with van der Waals surface area (Å²) < 4.78 is 0. The zero-order valence-electron chi connectivity index (χ0n) is 12.0. The molecule has 0 aromatic heterocycles. The van der Waals surface area contributed by atoms with E-state index in [-0.39, 0.29) is 0 Å². The van der Waals surface area contributed by atoms with E-state index in [2.05, 4.69) is 24.4 Å². The predicted octanol–water partition coefficient (Wildman–Crippen LogP) is 3.71. The number of carboxylic acid groups (broad SMARTS) is 1. The molecule has 4 unspecified atom stereocenters. The SMILES string of the molecule is Cc1c(NC(C)C2CC3C=CC2C3)cccc1C(=O)O. The van der Waals surface area contributed by atoms with Gasteiger partial charge in [-0.1, -0.05) is 18.2 Å². The van der Waals surface area contributed by atoms with E-state index in [9.17, 15) is 9.90 Å². The number of carboxylic acids is 1. The number of fused-ring (bicyclic) bond motifs is 2. The largest absolute Gasteiger partial charge is 0.478 e. The molecule has 0 radical (unpaired) electrons. The maximum atomic E-state index is 11.2. The number of nitrogens with one attached hydrogen (secondary N) is 1. The Morgan fingerprint density at radius 2 is 2.15 bits per heavy atom. The minimum atomic E-state index is -0.860. The molecule has 2 aliphatic carbocycles. The molecule has 0 spiro atoms. The van der Waals surface area contributed by atoms with Crippen molar-refractivity contribution in [3.05, 3.63) is 41.5 Å². The molecule has 1 aromatic carbocycles. The van der Waals surface area contributed by atoms with Gasteiger partial charge < -0.3 is 10.4 Å². The number of aromatic carboxylic acids is 1. The molecule has 2 N–H and O–H groups in total. The fourth-order valence-corrected chi connectivity index (χ4v) is 3.77. The Morgan fingerprint density at radius 1 is 1.35 bits per heavy atom. The molecule has 0 amide bonds. The molecule has 1 fully saturated rings. The van der Waals surface area contributed by atoms with Crippen LogP contribution in [0.2, 0.25) is 0 Å². The normalized spacial score (nSPS) is 28.6. The zero-order chi connectivity index (χ0) is 14.3. The van der Waals surface area contributed by atoms with Gasteiger partial charge in [0.15, 0.2) is 0 Å². The van der Waals surface area contributed by atoms with Crippen LogP contribution in [-0.2, 0) is 0 Å². The molecule has 3 rings (SSSR count). The topological polar surface area (TPSA) is 49.3 Å². The summed E-state index contributed by atoms with van der Waals surface area (Å²) in [5.41, 5.74) is 2.16. The lowest BCUT2D eigenvalue weighted by Crippen LogP contribution is -2.29. The molecule has 3 heteroatoms. The van der Waals surface area contributed by atoms with Gasteiger partial charge in [-0.25, -0.2) is 4.79 Å². The van der Waals surface area contributed by atoms with Crippen molar-refractivity contribution in [2.24, 2.45) is 17.8 Å². The summed E-state index contributed by atoms with van der Waals surface area (Å²) >= 11 is 0. The van der Waals surface area contributed by atoms with Crippen LogP contribution in [0.5, 0.6) is 0 Å². The van der Waals surface area contributed by atoms with Crippen LogP contribution >= 0.6 is 0 Å². The van der Waals surface area contributed by atoms with Crippen molar-refractivity contribution in [2.45, 2.75) is 32.7 Å². The van der Waals surface area contributed by atoms with Crippen LogP contribution in [0.15, 0.2) is 30.4 Å². The van der Waals surface area contributed by atoms with Crippen LogP contribution in [-0.4, -0.2) is 17.1 Å². The van der Waals surface area contributed by atoms with E-state index >= 15 is 0 Å². The van der Waals surface area contributed by atoms with Gasteiger partial charge in [-0.05, 0) is 62.1 Å². The number of rotatable bonds is 4. The third-order valence-electron chi connectivity index (χ3n) is 4.92. The average Bonchev–Trinajstić information content (AvgIpc) is 3.03. The summed E-state index contributed by atoms with van der Waals surface area (Å²) in [6.07, 6.45) is 7.26. The Kier molecular flexibility index (Phi) is 3.28. The van der Waals surface area contributed by atoms with Crippen LogP contribution in [0.25, 0.3) is 0 Å². The van der Waals surface area contributed by atoms with Gasteiger partial charge in [-0.15, -0.1) is 0 Å². The Hall–Kier alpha value is -1.77. The van der Waals surface area contributed by atoms with Crippen LogP contribution < -0.4 is 5.32 Å². The average molecular weight is 271 g/mol. The molecule has 4 atom stereocenters. The van der Waals surface area contributed by atoms with E-state index in [1.165, 1.54) is 12.8 Å². The third kappa shape index (κ3) is 2.21. The van der Waals surface area contributed by atoms with Crippen LogP contribution in [0.3, 0.4) is 0 Å². The summed E-state index contributed by atoms with van der Waals surface area (Å²) in [7, 11) is 0. The number of benzene rings is 1. The number of hydrogen-bond acceptors (Lipinski definition) is 2. The fraction of sp³-hybridized carbons (Fsp3) is 0.471. The second-order valence-electron chi connectivity index (χ2n) is 6.16. The van der Waals surface area contributed by atoms with Crippen LogP contribution in [0, 0.1) is 24.7 Å². The van der Waals surface area contributed by atoms with Crippen molar-refractivity contribution in [3.8, 4) is 0 Å². The molecular weight excluding hydrogens is 250 g/mol. The zero-order valence-corrected chi connectivity index (χ0v) is 12.0. The van der Waals surface area contributed by atoms with E-state index in [0.29, 0.717) is 23.4 Å². The molecule has 3 nitrogen and oxygen atoms in total. The van der Waals surface area contributed by atoms with Gasteiger partial charge in [-0.2, -0.15) is 0 Å². The fourth-order valence-electron chi connectivity index (χ4n) is 3.77. The summed E-state index contributed by atoms with van der Waals surface area (Å²) in [5.74, 6) is 1.27. The Bertz CT molecular complexity index is 564. The van der Waals surface area contributed by atoms with Gasteiger partial charge in [0.1, 0.15) is 0 Å². The first-order chi connectivity index (χ1) is 9.56. The van der Waals surface area contributed by atoms with Gasteiger partial charge in [0.05, 0.1) is 5.56 Å². The van der Waals surface area contributed by atoms with Gasteiger partial charge in [0, 0.05) is 11.7 Å². The molecule has 2 aliphatic rings. The van der Waals surface area contributed by atoms with Gasteiger partial charge in [-0.3, -0.25) is 0 Å². The van der Waals surface area contributed by atoms with Crippen molar-refractivity contribution in [1.29, 1.82) is 0 Å². The quantitative estimate of drug-likeness (QED) is 0.821. The lowest BCUT2D eigenvalue weighted by molar-refractivity contribution is 0.0696. The molecule has 0 saturated heterocycles. The summed E-state index contributed by atoms with van der Waals surface area (Å²) in [6, 6.07) is 5.82. The summed E-state index contributed by atoms with van der Waals surface area (Å²) in [4.78, 5) is 11.2. The van der Waals surface area contributed by atoms with Crippen molar-refractivity contribution >= 4 is 11.7 Å². The first-order valence-corrected chi connectivity index (χ1v) is 7.34. The number of anilines is 1. The Balaban J connectivity index is 1.76. The van der Waals surface area contributed by atoms with Crippen LogP contribution in [0.4, 0.5) is 5.69 Å². The van der Waals surface area contributed by atoms with Crippen molar-refractivity contribution < 1.29 is 9.90 Å². The van der Waals surface area contributed by atoms with Crippen molar-refractivity contribution in [1.82, 2.24) is 0 Å². The summed E-state index contributed by atoms with van der Waals surface area (Å²) in [6.45, 7) is 4.09. The molecule has 1 saturated carbocycles. The van der Waals surface area contributed by atoms with Gasteiger partial charge >= 0.3 is 5.97 Å². The van der Waals surface area contributed by atoms with Gasteiger partial charge in [0.25, 0.3) is 0 Å². The lowest BCUT2D eigenvalue weighted by atomic mass is 9.87. The number of allylic oxidation sites excluding steroid dienone is 2. The highest BCUT2D eigenvalue weighted by Crippen LogP contribution is 2.45. The number of hydrogen-bond donors (Lipinski definition) is 2. The standard InChI is InChI=1S/C17H21NO2/c1-10-14(17(19)20)4-3-5-16(10)18-11(2)15-9-12-6-7-13(15)8-12/h3-7,11-13,15,18H,8-9H2,1-2H3,(H,19,20). The highest BCUT2D eigenvalue weighted by atomic mass is 16.4. The van der Waals surface area contributed by atoms with E-state index < -0.39 is 5.97 Å². The minimum absolute atomic E-state index is 0.373. The molecule has 0 aliphatic heterocycles. The maximum absolute atomic E-state index is 11.2. The second kappa shape index (κ2) is 4.97. The monoisotopic (exact) mass is 271 g/mol. The maximum Gasteiger partial charge on any atom is 0.336 e. The molecule has 20 heavy (non-hydrogen) atoms. The molecular formula is C17H21NO2. The van der Waals surface area contributed by atoms with E-state index in [1.54, 1.807) is 6.07 Å². The predicted molar refractivity (Wildman–Crippen MR) is 80.1 cm³/mol. The Labute approximate surface area is 119 Å².